The summed E-state index contributed by atoms with van der Waals surface area (Å²) in [6.45, 7) is 0.936. The van der Waals surface area contributed by atoms with Crippen molar-refractivity contribution in [3.63, 3.8) is 0 Å². The highest BCUT2D eigenvalue weighted by Gasteiger charge is 2.42. The van der Waals surface area contributed by atoms with Crippen molar-refractivity contribution >= 4 is 16.7 Å². The molecule has 5 heteroatoms. The van der Waals surface area contributed by atoms with Gasteiger partial charge >= 0.3 is 0 Å². The maximum absolute atomic E-state index is 13.7. The van der Waals surface area contributed by atoms with Crippen LogP contribution in [0, 0.1) is 11.6 Å². The van der Waals surface area contributed by atoms with E-state index >= 15 is 0 Å². The van der Waals surface area contributed by atoms with Gasteiger partial charge in [0.25, 0.3) is 0 Å². The molecule has 116 valence electrons. The van der Waals surface area contributed by atoms with E-state index in [0.717, 1.165) is 18.8 Å². The number of benzene rings is 1. The van der Waals surface area contributed by atoms with Gasteiger partial charge in [0.1, 0.15) is 12.1 Å². The molecule has 1 spiro atoms. The summed E-state index contributed by atoms with van der Waals surface area (Å²) in [6, 6.07) is 2.41. The number of rotatable bonds is 1. The van der Waals surface area contributed by atoms with Crippen LogP contribution in [0.4, 0.5) is 14.6 Å². The Kier molecular flexibility index (Phi) is 3.24. The van der Waals surface area contributed by atoms with E-state index in [0.29, 0.717) is 10.9 Å². The molecule has 1 saturated heterocycles. The van der Waals surface area contributed by atoms with Gasteiger partial charge in [-0.25, -0.2) is 18.7 Å². The van der Waals surface area contributed by atoms with Crippen LogP contribution in [0.25, 0.3) is 10.9 Å². The molecule has 2 fully saturated rings. The number of fused-ring (bicyclic) bond motifs is 1. The van der Waals surface area contributed by atoms with Crippen LogP contribution in [0.5, 0.6) is 0 Å². The average Bonchev–Trinajstić information content (AvgIpc) is 2.91. The van der Waals surface area contributed by atoms with Crippen molar-refractivity contribution in [3.05, 3.63) is 30.1 Å². The molecule has 1 aliphatic heterocycles. The van der Waals surface area contributed by atoms with Crippen LogP contribution in [0.15, 0.2) is 18.5 Å². The van der Waals surface area contributed by atoms with E-state index < -0.39 is 11.6 Å². The smallest absolute Gasteiger partial charge is 0.161 e. The average molecular weight is 303 g/mol. The summed E-state index contributed by atoms with van der Waals surface area (Å²) in [5.41, 5.74) is 0.631. The minimum absolute atomic E-state index is 0.157. The number of hydrogen-bond acceptors (Lipinski definition) is 3. The molecule has 0 atom stereocenters. The lowest BCUT2D eigenvalue weighted by Gasteiger charge is -2.42. The van der Waals surface area contributed by atoms with Crippen molar-refractivity contribution in [3.8, 4) is 0 Å². The lowest BCUT2D eigenvalue weighted by molar-refractivity contribution is 0.296. The maximum Gasteiger partial charge on any atom is 0.161 e. The quantitative estimate of drug-likeness (QED) is 0.790. The van der Waals surface area contributed by atoms with Gasteiger partial charge in [-0.15, -0.1) is 0 Å². The molecule has 0 bridgehead atoms. The van der Waals surface area contributed by atoms with Gasteiger partial charge in [-0.1, -0.05) is 19.3 Å². The molecule has 1 saturated carbocycles. The minimum atomic E-state index is -0.856. The Morgan fingerprint density at radius 3 is 2.45 bits per heavy atom. The van der Waals surface area contributed by atoms with Gasteiger partial charge in [-0.3, -0.25) is 0 Å². The van der Waals surface area contributed by atoms with Crippen molar-refractivity contribution < 1.29 is 8.78 Å². The van der Waals surface area contributed by atoms with Crippen LogP contribution in [0.2, 0.25) is 0 Å². The summed E-state index contributed by atoms with van der Waals surface area (Å²) >= 11 is 0. The Hall–Kier alpha value is -1.78. The van der Waals surface area contributed by atoms with E-state index in [4.69, 9.17) is 0 Å². The van der Waals surface area contributed by atoms with Gasteiger partial charge in [0, 0.05) is 23.5 Å². The third kappa shape index (κ3) is 2.06. The predicted molar refractivity (Wildman–Crippen MR) is 81.9 cm³/mol. The highest BCUT2D eigenvalue weighted by molar-refractivity contribution is 5.89. The molecule has 2 heterocycles. The van der Waals surface area contributed by atoms with Gasteiger partial charge in [0.2, 0.25) is 0 Å². The summed E-state index contributed by atoms with van der Waals surface area (Å²) in [7, 11) is 0. The van der Waals surface area contributed by atoms with E-state index in [1.54, 1.807) is 0 Å². The van der Waals surface area contributed by atoms with Crippen LogP contribution < -0.4 is 4.90 Å². The Bertz CT molecular complexity index is 710. The molecule has 4 rings (SSSR count). The van der Waals surface area contributed by atoms with E-state index in [2.05, 4.69) is 14.9 Å². The summed E-state index contributed by atoms with van der Waals surface area (Å²) in [6.07, 6.45) is 9.87. The topological polar surface area (TPSA) is 29.0 Å². The second-order valence-corrected chi connectivity index (χ2v) is 6.52. The Labute approximate surface area is 128 Å². The van der Waals surface area contributed by atoms with Gasteiger partial charge in [0.15, 0.2) is 11.6 Å². The molecule has 22 heavy (non-hydrogen) atoms. The van der Waals surface area contributed by atoms with Crippen LogP contribution in [0.3, 0.4) is 0 Å². The number of anilines is 1. The molecule has 1 aromatic carbocycles. The highest BCUT2D eigenvalue weighted by Crippen LogP contribution is 2.44. The summed E-state index contributed by atoms with van der Waals surface area (Å²) in [5.74, 6) is -0.922. The third-order valence-corrected chi connectivity index (χ3v) is 5.29. The molecular formula is C17H19F2N3. The van der Waals surface area contributed by atoms with E-state index in [1.165, 1.54) is 57.0 Å². The molecular weight excluding hydrogens is 284 g/mol. The largest absolute Gasteiger partial charge is 0.350 e. The fourth-order valence-corrected chi connectivity index (χ4v) is 4.25. The first-order chi connectivity index (χ1) is 10.7. The first kappa shape index (κ1) is 13.9. The second kappa shape index (κ2) is 5.14. The molecule has 1 aliphatic carbocycles. The first-order valence-corrected chi connectivity index (χ1v) is 8.07. The Balaban J connectivity index is 1.84. The number of aromatic nitrogens is 2. The Morgan fingerprint density at radius 1 is 0.909 bits per heavy atom. The molecule has 0 unspecified atom stereocenters. The monoisotopic (exact) mass is 303 g/mol. The predicted octanol–water partition coefficient (Wildman–Crippen LogP) is 4.21. The molecule has 0 N–H and O–H groups in total. The van der Waals surface area contributed by atoms with Crippen LogP contribution in [-0.4, -0.2) is 22.1 Å². The van der Waals surface area contributed by atoms with Crippen LogP contribution in [0.1, 0.15) is 44.9 Å². The van der Waals surface area contributed by atoms with Crippen molar-refractivity contribution in [1.29, 1.82) is 0 Å². The highest BCUT2D eigenvalue weighted by atomic mass is 19.2. The standard InChI is InChI=1S/C17H19F2N3/c18-13-9-12-15(10-14(13)19)20-11-21-16(12)22-8-4-7-17(22)5-2-1-3-6-17/h9-11H,1-8H2. The zero-order valence-corrected chi connectivity index (χ0v) is 12.5. The van der Waals surface area contributed by atoms with Crippen molar-refractivity contribution in [2.75, 3.05) is 11.4 Å². The fourth-order valence-electron chi connectivity index (χ4n) is 4.25. The number of halogens is 2. The van der Waals surface area contributed by atoms with Crippen LogP contribution in [-0.2, 0) is 0 Å². The van der Waals surface area contributed by atoms with Gasteiger partial charge < -0.3 is 4.90 Å². The van der Waals surface area contributed by atoms with Gasteiger partial charge in [0.05, 0.1) is 5.52 Å². The minimum Gasteiger partial charge on any atom is -0.350 e. The molecule has 0 radical (unpaired) electrons. The molecule has 2 aromatic rings. The Morgan fingerprint density at radius 2 is 1.64 bits per heavy atom. The van der Waals surface area contributed by atoms with Gasteiger partial charge in [-0.05, 0) is 31.7 Å². The van der Waals surface area contributed by atoms with Crippen LogP contribution >= 0.6 is 0 Å². The zero-order chi connectivity index (χ0) is 15.2. The lowest BCUT2D eigenvalue weighted by atomic mass is 9.79. The summed E-state index contributed by atoms with van der Waals surface area (Å²) in [4.78, 5) is 10.9. The molecule has 0 amide bonds. The SMILES string of the molecule is Fc1cc2ncnc(N3CCCC34CCCCC4)c2cc1F. The van der Waals surface area contributed by atoms with Crippen molar-refractivity contribution in [1.82, 2.24) is 9.97 Å². The molecule has 3 nitrogen and oxygen atoms in total. The van der Waals surface area contributed by atoms with Gasteiger partial charge in [-0.2, -0.15) is 0 Å². The third-order valence-electron chi connectivity index (χ3n) is 5.29. The van der Waals surface area contributed by atoms with E-state index in [1.807, 2.05) is 0 Å². The molecule has 1 aromatic heterocycles. The fraction of sp³-hybridized carbons (Fsp3) is 0.529. The zero-order valence-electron chi connectivity index (χ0n) is 12.5. The molecule has 2 aliphatic rings. The van der Waals surface area contributed by atoms with Crippen molar-refractivity contribution in [2.45, 2.75) is 50.5 Å². The maximum atomic E-state index is 13.7. The number of nitrogens with zero attached hydrogens (tertiary/aromatic N) is 3. The second-order valence-electron chi connectivity index (χ2n) is 6.52. The number of hydrogen-bond donors (Lipinski definition) is 0. The summed E-state index contributed by atoms with van der Waals surface area (Å²) < 4.78 is 27.2. The summed E-state index contributed by atoms with van der Waals surface area (Å²) in [5, 5.41) is 0.619. The first-order valence-electron chi connectivity index (χ1n) is 8.07. The lowest BCUT2D eigenvalue weighted by Crippen LogP contribution is -2.46. The van der Waals surface area contributed by atoms with Crippen molar-refractivity contribution in [2.24, 2.45) is 0 Å². The van der Waals surface area contributed by atoms with E-state index in [-0.39, 0.29) is 5.54 Å². The normalized spacial score (nSPS) is 20.9. The van der Waals surface area contributed by atoms with E-state index in [9.17, 15) is 8.78 Å².